The van der Waals surface area contributed by atoms with Crippen LogP contribution < -0.4 is 5.32 Å². The number of aliphatic carboxylic acids is 1. The lowest BCUT2D eigenvalue weighted by molar-refractivity contribution is -0.142. The van der Waals surface area contributed by atoms with Crippen LogP contribution >= 0.6 is 0 Å². The van der Waals surface area contributed by atoms with Crippen molar-refractivity contribution in [1.82, 2.24) is 10.2 Å². The van der Waals surface area contributed by atoms with E-state index in [1.165, 1.54) is 4.90 Å². The third-order valence-corrected chi connectivity index (χ3v) is 3.38. The first-order valence-electron chi connectivity index (χ1n) is 6.66. The smallest absolute Gasteiger partial charge is 0.317 e. The molecule has 0 spiro atoms. The Morgan fingerprint density at radius 3 is 2.53 bits per heavy atom. The van der Waals surface area contributed by atoms with Gasteiger partial charge in [0.25, 0.3) is 0 Å². The lowest BCUT2D eigenvalue weighted by atomic mass is 10.0. The van der Waals surface area contributed by atoms with Gasteiger partial charge in [-0.25, -0.2) is 4.79 Å². The molecule has 1 rings (SSSR count). The van der Waals surface area contributed by atoms with Crippen LogP contribution in [0.25, 0.3) is 0 Å². The van der Waals surface area contributed by atoms with E-state index in [-0.39, 0.29) is 25.3 Å². The second-order valence-electron chi connectivity index (χ2n) is 5.64. The average molecular weight is 272 g/mol. The van der Waals surface area contributed by atoms with Gasteiger partial charge in [-0.3, -0.25) is 4.79 Å². The van der Waals surface area contributed by atoms with Gasteiger partial charge in [0.2, 0.25) is 0 Å². The first kappa shape index (κ1) is 15.8. The summed E-state index contributed by atoms with van der Waals surface area (Å²) in [5.41, 5.74) is 0. The predicted octanol–water partition coefficient (Wildman–Crippen LogP) is 1.16. The van der Waals surface area contributed by atoms with Crippen LogP contribution in [0.5, 0.6) is 0 Å². The number of likely N-dealkylation sites (N-methyl/N-ethyl adjacent to an activating group) is 1. The molecule has 0 saturated carbocycles. The highest BCUT2D eigenvalue weighted by atomic mass is 16.5. The van der Waals surface area contributed by atoms with Crippen LogP contribution in [0.3, 0.4) is 0 Å². The van der Waals surface area contributed by atoms with Gasteiger partial charge >= 0.3 is 12.0 Å². The lowest BCUT2D eigenvalue weighted by Crippen LogP contribution is -2.50. The number of carboxylic acids is 1. The quantitative estimate of drug-likeness (QED) is 0.787. The van der Waals surface area contributed by atoms with Crippen molar-refractivity contribution in [2.75, 3.05) is 20.3 Å². The van der Waals surface area contributed by atoms with Crippen molar-refractivity contribution < 1.29 is 19.4 Å². The van der Waals surface area contributed by atoms with E-state index in [1.807, 2.05) is 6.92 Å². The number of urea groups is 1. The minimum atomic E-state index is -0.919. The van der Waals surface area contributed by atoms with Gasteiger partial charge in [0.15, 0.2) is 0 Å². The Hall–Kier alpha value is -1.30. The number of hydrogen-bond acceptors (Lipinski definition) is 3. The fourth-order valence-corrected chi connectivity index (χ4v) is 2.39. The summed E-state index contributed by atoms with van der Waals surface area (Å²) in [5.74, 6) is -1.06. The maximum absolute atomic E-state index is 12.1. The molecular weight excluding hydrogens is 248 g/mol. The van der Waals surface area contributed by atoms with Crippen molar-refractivity contribution in [2.24, 2.45) is 11.8 Å². The number of nitrogens with zero attached hydrogens (tertiary/aromatic N) is 1. The molecule has 0 aromatic carbocycles. The molecule has 1 fully saturated rings. The summed E-state index contributed by atoms with van der Waals surface area (Å²) in [7, 11) is 1.62. The molecule has 0 aromatic heterocycles. The Labute approximate surface area is 114 Å². The second-order valence-corrected chi connectivity index (χ2v) is 5.64. The zero-order chi connectivity index (χ0) is 14.6. The fraction of sp³-hybridized carbons (Fsp3) is 0.846. The van der Waals surface area contributed by atoms with Crippen molar-refractivity contribution in [3.05, 3.63) is 0 Å². The zero-order valence-electron chi connectivity index (χ0n) is 12.0. The number of hydrogen-bond donors (Lipinski definition) is 2. The SMILES string of the molecule is CC(C)CC(C)NC(=O)N(C)C1COCC1C(=O)O. The highest BCUT2D eigenvalue weighted by Crippen LogP contribution is 2.19. The van der Waals surface area contributed by atoms with Crippen molar-refractivity contribution in [3.63, 3.8) is 0 Å². The molecule has 1 saturated heterocycles. The molecule has 1 aliphatic heterocycles. The molecule has 19 heavy (non-hydrogen) atoms. The molecular formula is C13H24N2O4. The van der Waals surface area contributed by atoms with Crippen LogP contribution in [0.4, 0.5) is 4.79 Å². The largest absolute Gasteiger partial charge is 0.481 e. The Morgan fingerprint density at radius 1 is 1.37 bits per heavy atom. The van der Waals surface area contributed by atoms with Crippen molar-refractivity contribution in [1.29, 1.82) is 0 Å². The Balaban J connectivity index is 2.54. The van der Waals surface area contributed by atoms with Crippen LogP contribution in [-0.4, -0.2) is 54.4 Å². The highest BCUT2D eigenvalue weighted by Gasteiger charge is 2.38. The van der Waals surface area contributed by atoms with Crippen LogP contribution in [0, 0.1) is 11.8 Å². The van der Waals surface area contributed by atoms with Gasteiger partial charge < -0.3 is 20.1 Å². The van der Waals surface area contributed by atoms with Gasteiger partial charge in [-0.05, 0) is 19.3 Å². The van der Waals surface area contributed by atoms with Crippen molar-refractivity contribution in [3.8, 4) is 0 Å². The Bertz CT molecular complexity index is 333. The minimum absolute atomic E-state index is 0.0700. The van der Waals surface area contributed by atoms with Gasteiger partial charge in [0.05, 0.1) is 19.3 Å². The van der Waals surface area contributed by atoms with Crippen LogP contribution in [0.2, 0.25) is 0 Å². The molecule has 6 heteroatoms. The Kier molecular flexibility index (Phi) is 5.60. The number of rotatable bonds is 5. The normalized spacial score (nSPS) is 24.3. The van der Waals surface area contributed by atoms with Crippen LogP contribution in [0.1, 0.15) is 27.2 Å². The maximum atomic E-state index is 12.1. The van der Waals surface area contributed by atoms with E-state index in [1.54, 1.807) is 7.05 Å². The molecule has 1 heterocycles. The lowest BCUT2D eigenvalue weighted by Gasteiger charge is -2.28. The molecule has 0 aliphatic carbocycles. The van der Waals surface area contributed by atoms with Crippen LogP contribution in [-0.2, 0) is 9.53 Å². The van der Waals surface area contributed by atoms with E-state index in [0.717, 1.165) is 6.42 Å². The van der Waals surface area contributed by atoms with Crippen molar-refractivity contribution in [2.45, 2.75) is 39.3 Å². The summed E-state index contributed by atoms with van der Waals surface area (Å²) in [6.07, 6.45) is 0.892. The molecule has 6 nitrogen and oxygen atoms in total. The van der Waals surface area contributed by atoms with Gasteiger partial charge in [-0.2, -0.15) is 0 Å². The van der Waals surface area contributed by atoms with E-state index in [4.69, 9.17) is 9.84 Å². The van der Waals surface area contributed by atoms with E-state index in [0.29, 0.717) is 5.92 Å². The standard InChI is InChI=1S/C13H24N2O4/c1-8(2)5-9(3)14-13(18)15(4)11-7-19-6-10(11)12(16)17/h8-11H,5-7H2,1-4H3,(H,14,18)(H,16,17). The number of carbonyl (C=O) groups excluding carboxylic acids is 1. The van der Waals surface area contributed by atoms with E-state index >= 15 is 0 Å². The summed E-state index contributed by atoms with van der Waals surface area (Å²) in [6.45, 7) is 6.58. The molecule has 0 radical (unpaired) electrons. The maximum Gasteiger partial charge on any atom is 0.317 e. The highest BCUT2D eigenvalue weighted by molar-refractivity contribution is 5.77. The third kappa shape index (κ3) is 4.38. The van der Waals surface area contributed by atoms with Gasteiger partial charge in [-0.1, -0.05) is 13.8 Å². The molecule has 0 aromatic rings. The van der Waals surface area contributed by atoms with E-state index in [2.05, 4.69) is 19.2 Å². The summed E-state index contributed by atoms with van der Waals surface area (Å²) >= 11 is 0. The average Bonchev–Trinajstić information content (AvgIpc) is 2.75. The molecule has 3 unspecified atom stereocenters. The number of ether oxygens (including phenoxy) is 1. The molecule has 1 aliphatic rings. The monoisotopic (exact) mass is 272 g/mol. The van der Waals surface area contributed by atoms with Crippen LogP contribution in [0.15, 0.2) is 0 Å². The third-order valence-electron chi connectivity index (χ3n) is 3.38. The van der Waals surface area contributed by atoms with Crippen molar-refractivity contribution >= 4 is 12.0 Å². The number of amides is 2. The molecule has 2 N–H and O–H groups in total. The summed E-state index contributed by atoms with van der Waals surface area (Å²) < 4.78 is 5.17. The number of nitrogens with one attached hydrogen (secondary N) is 1. The van der Waals surface area contributed by atoms with E-state index in [9.17, 15) is 9.59 Å². The second kappa shape index (κ2) is 6.75. The first-order valence-corrected chi connectivity index (χ1v) is 6.66. The number of carbonyl (C=O) groups is 2. The topological polar surface area (TPSA) is 78.9 Å². The first-order chi connectivity index (χ1) is 8.82. The molecule has 2 amide bonds. The zero-order valence-corrected chi connectivity index (χ0v) is 12.0. The van der Waals surface area contributed by atoms with E-state index < -0.39 is 17.9 Å². The molecule has 110 valence electrons. The van der Waals surface area contributed by atoms with Gasteiger partial charge in [-0.15, -0.1) is 0 Å². The molecule has 3 atom stereocenters. The Morgan fingerprint density at radius 2 is 2.00 bits per heavy atom. The minimum Gasteiger partial charge on any atom is -0.481 e. The summed E-state index contributed by atoms with van der Waals surface area (Å²) in [5, 5.41) is 12.0. The predicted molar refractivity (Wildman–Crippen MR) is 70.9 cm³/mol. The fourth-order valence-electron chi connectivity index (χ4n) is 2.39. The van der Waals surface area contributed by atoms with Gasteiger partial charge in [0, 0.05) is 13.1 Å². The van der Waals surface area contributed by atoms with Gasteiger partial charge in [0.1, 0.15) is 5.92 Å². The summed E-state index contributed by atoms with van der Waals surface area (Å²) in [4.78, 5) is 24.6. The molecule has 0 bridgehead atoms. The summed E-state index contributed by atoms with van der Waals surface area (Å²) in [6, 6.07) is -0.570. The number of carboxylic acid groups (broad SMARTS) is 1.